The van der Waals surface area contributed by atoms with Crippen molar-refractivity contribution in [3.63, 3.8) is 0 Å². The van der Waals surface area contributed by atoms with Crippen molar-refractivity contribution in [2.45, 2.75) is 58.7 Å². The Balaban J connectivity index is 2.42. The Morgan fingerprint density at radius 3 is 2.67 bits per heavy atom. The van der Waals surface area contributed by atoms with Crippen molar-refractivity contribution >= 4 is 11.6 Å². The number of carbonyl (C=O) groups excluding carboxylic acids is 1. The number of nitrogens with two attached hydrogens (primary N) is 1. The summed E-state index contributed by atoms with van der Waals surface area (Å²) < 4.78 is 38.7. The summed E-state index contributed by atoms with van der Waals surface area (Å²) in [7, 11) is 0. The summed E-state index contributed by atoms with van der Waals surface area (Å²) in [4.78, 5) is 19.3. The molecule has 166 valence electrons. The van der Waals surface area contributed by atoms with E-state index in [1.54, 1.807) is 11.1 Å². The molecular formula is C21H29F3N4O2. The van der Waals surface area contributed by atoms with Crippen LogP contribution in [0.2, 0.25) is 0 Å². The number of hydrogen-bond donors (Lipinski definition) is 3. The van der Waals surface area contributed by atoms with Gasteiger partial charge in [-0.15, -0.1) is 0 Å². The highest BCUT2D eigenvalue weighted by Crippen LogP contribution is 2.31. The van der Waals surface area contributed by atoms with Crippen molar-refractivity contribution in [1.29, 1.82) is 0 Å². The van der Waals surface area contributed by atoms with Crippen LogP contribution in [-0.2, 0) is 4.79 Å². The molecule has 1 amide bonds. The van der Waals surface area contributed by atoms with Crippen LogP contribution < -0.4 is 11.1 Å². The number of dihydropyridines is 1. The molecule has 30 heavy (non-hydrogen) atoms. The summed E-state index contributed by atoms with van der Waals surface area (Å²) in [5.41, 5.74) is 7.50. The molecule has 0 aromatic rings. The molecule has 2 heterocycles. The predicted octanol–water partition coefficient (Wildman–Crippen LogP) is 3.85. The molecule has 0 bridgehead atoms. The fourth-order valence-corrected chi connectivity index (χ4v) is 3.76. The van der Waals surface area contributed by atoms with Gasteiger partial charge >= 0.3 is 6.18 Å². The first-order valence-electron chi connectivity index (χ1n) is 10.1. The molecule has 9 heteroatoms. The number of nitrogens with one attached hydrogen (secondary N) is 1. The average molecular weight is 426 g/mol. The number of piperidine rings is 1. The van der Waals surface area contributed by atoms with Crippen molar-refractivity contribution in [1.82, 2.24) is 10.2 Å². The Hall–Kier alpha value is -2.71. The first-order valence-corrected chi connectivity index (χ1v) is 10.1. The number of likely N-dealkylation sites (tertiary alicyclic amines) is 1. The van der Waals surface area contributed by atoms with Gasteiger partial charge in [0, 0.05) is 48.3 Å². The number of hydrogen-bond acceptors (Lipinski definition) is 5. The van der Waals surface area contributed by atoms with Crippen LogP contribution in [0.25, 0.3) is 0 Å². The lowest BCUT2D eigenvalue weighted by Crippen LogP contribution is -2.50. The van der Waals surface area contributed by atoms with Gasteiger partial charge in [0.15, 0.2) is 5.70 Å². The number of aliphatic hydroxyl groups is 1. The molecule has 2 aliphatic rings. The Morgan fingerprint density at radius 1 is 1.43 bits per heavy atom. The minimum Gasteiger partial charge on any atom is -0.506 e. The van der Waals surface area contributed by atoms with Gasteiger partial charge in [-0.3, -0.25) is 9.79 Å². The van der Waals surface area contributed by atoms with E-state index in [1.165, 1.54) is 0 Å². The third-order valence-electron chi connectivity index (χ3n) is 5.08. The maximum atomic E-state index is 13.2. The monoisotopic (exact) mass is 426 g/mol. The zero-order valence-electron chi connectivity index (χ0n) is 17.5. The predicted molar refractivity (Wildman–Crippen MR) is 111 cm³/mol. The Morgan fingerprint density at radius 2 is 2.13 bits per heavy atom. The second kappa shape index (κ2) is 9.86. The minimum absolute atomic E-state index is 0.0706. The summed E-state index contributed by atoms with van der Waals surface area (Å²) in [5, 5.41) is 11.9. The largest absolute Gasteiger partial charge is 0.506 e. The van der Waals surface area contributed by atoms with Crippen LogP contribution >= 0.6 is 0 Å². The number of alkyl halides is 3. The van der Waals surface area contributed by atoms with Crippen LogP contribution in [0.4, 0.5) is 13.2 Å². The molecule has 6 nitrogen and oxygen atoms in total. The van der Waals surface area contributed by atoms with Crippen LogP contribution in [0.3, 0.4) is 0 Å². The van der Waals surface area contributed by atoms with E-state index in [1.807, 2.05) is 26.8 Å². The van der Waals surface area contributed by atoms with E-state index in [-0.39, 0.29) is 18.2 Å². The molecule has 0 aromatic carbocycles. The van der Waals surface area contributed by atoms with Crippen molar-refractivity contribution in [2.24, 2.45) is 10.7 Å². The van der Waals surface area contributed by atoms with Gasteiger partial charge in [-0.25, -0.2) is 0 Å². The molecule has 1 saturated heterocycles. The van der Waals surface area contributed by atoms with Gasteiger partial charge in [0.2, 0.25) is 0 Å². The fraction of sp³-hybridized carbons (Fsp3) is 0.524. The van der Waals surface area contributed by atoms with E-state index in [2.05, 4.69) is 10.3 Å². The number of rotatable bonds is 5. The summed E-state index contributed by atoms with van der Waals surface area (Å²) in [6, 6.07) is -0.335. The molecule has 1 unspecified atom stereocenters. The number of halogens is 3. The number of aliphatic hydroxyl groups excluding tert-OH is 1. The van der Waals surface area contributed by atoms with Gasteiger partial charge < -0.3 is 21.1 Å². The van der Waals surface area contributed by atoms with Gasteiger partial charge in [-0.1, -0.05) is 26.3 Å². The Kier molecular flexibility index (Phi) is 7.75. The first kappa shape index (κ1) is 23.6. The molecule has 1 atom stereocenters. The highest BCUT2D eigenvalue weighted by atomic mass is 19.4. The van der Waals surface area contributed by atoms with E-state index in [0.29, 0.717) is 31.5 Å². The van der Waals surface area contributed by atoms with Gasteiger partial charge in [0.25, 0.3) is 5.91 Å². The van der Waals surface area contributed by atoms with Crippen LogP contribution in [0.15, 0.2) is 51.6 Å². The summed E-state index contributed by atoms with van der Waals surface area (Å²) in [6.07, 6.45) is 2.25. The number of aliphatic imine (C=N–C) groups is 1. The number of amides is 1. The summed E-state index contributed by atoms with van der Waals surface area (Å²) >= 11 is 0. The van der Waals surface area contributed by atoms with Crippen molar-refractivity contribution in [3.05, 3.63) is 46.7 Å². The lowest BCUT2D eigenvalue weighted by atomic mass is 9.88. The van der Waals surface area contributed by atoms with Gasteiger partial charge in [-0.05, 0) is 25.8 Å². The first-order chi connectivity index (χ1) is 14.1. The zero-order chi connectivity index (χ0) is 22.5. The van der Waals surface area contributed by atoms with Crippen LogP contribution in [0.1, 0.15) is 46.5 Å². The lowest BCUT2D eigenvalue weighted by Gasteiger charge is -2.39. The second-order valence-corrected chi connectivity index (χ2v) is 7.20. The molecule has 0 radical (unpaired) electrons. The fourth-order valence-electron chi connectivity index (χ4n) is 3.76. The highest BCUT2D eigenvalue weighted by Gasteiger charge is 2.40. The molecule has 0 aliphatic carbocycles. The maximum absolute atomic E-state index is 13.2. The average Bonchev–Trinajstić information content (AvgIpc) is 2.69. The van der Waals surface area contributed by atoms with Gasteiger partial charge in [0.1, 0.15) is 5.76 Å². The van der Waals surface area contributed by atoms with E-state index < -0.39 is 23.5 Å². The van der Waals surface area contributed by atoms with Crippen molar-refractivity contribution < 1.29 is 23.1 Å². The number of allylic oxidation sites excluding steroid dienone is 4. The van der Waals surface area contributed by atoms with Gasteiger partial charge in [-0.2, -0.15) is 13.2 Å². The minimum atomic E-state index is -4.71. The summed E-state index contributed by atoms with van der Waals surface area (Å²) in [5.74, 6) is -1.41. The van der Waals surface area contributed by atoms with E-state index in [9.17, 15) is 23.1 Å². The molecule has 2 aliphatic heterocycles. The van der Waals surface area contributed by atoms with Crippen molar-refractivity contribution in [3.8, 4) is 0 Å². The topological polar surface area (TPSA) is 91.0 Å². The van der Waals surface area contributed by atoms with Crippen LogP contribution in [0, 0.1) is 0 Å². The SMILES string of the molecule is C/C=C/N=C1\CCN(C(=O)C2=CC(O)=C(C(F)(F)F)NC2)C(CC)\C1=C(\N)CCC. The molecule has 1 fully saturated rings. The third kappa shape index (κ3) is 5.06. The normalized spacial score (nSPS) is 23.7. The quantitative estimate of drug-likeness (QED) is 0.623. The summed E-state index contributed by atoms with van der Waals surface area (Å²) in [6.45, 7) is 5.85. The molecule has 4 N–H and O–H groups in total. The van der Waals surface area contributed by atoms with Gasteiger partial charge in [0.05, 0.1) is 6.04 Å². The number of carbonyl (C=O) groups is 1. The molecule has 0 aromatic heterocycles. The van der Waals surface area contributed by atoms with Crippen molar-refractivity contribution in [2.75, 3.05) is 13.1 Å². The van der Waals surface area contributed by atoms with E-state index >= 15 is 0 Å². The van der Waals surface area contributed by atoms with Crippen LogP contribution in [-0.4, -0.2) is 46.9 Å². The maximum Gasteiger partial charge on any atom is 0.434 e. The highest BCUT2D eigenvalue weighted by molar-refractivity contribution is 6.05. The van der Waals surface area contributed by atoms with E-state index in [0.717, 1.165) is 23.8 Å². The number of nitrogens with zero attached hydrogens (tertiary/aromatic N) is 2. The second-order valence-electron chi connectivity index (χ2n) is 7.20. The standard InChI is InChI=1S/C21H29F3N4O2/c1-4-7-14(25)18-15(26-9-5-2)8-10-28(16(18)6-3)20(30)13-11-17(29)19(27-12-13)21(22,23)24/h5,9,11,16,27,29H,4,6-8,10,12,25H2,1-3H3/b9-5+,18-14+,26-15+. The molecular weight excluding hydrogens is 397 g/mol. The molecule has 2 rings (SSSR count). The lowest BCUT2D eigenvalue weighted by molar-refractivity contribution is -0.129. The van der Waals surface area contributed by atoms with Crippen LogP contribution in [0.5, 0.6) is 0 Å². The molecule has 0 saturated carbocycles. The molecule has 0 spiro atoms. The third-order valence-corrected chi connectivity index (χ3v) is 5.08. The Bertz CT molecular complexity index is 823. The zero-order valence-corrected chi connectivity index (χ0v) is 17.5. The van der Waals surface area contributed by atoms with E-state index in [4.69, 9.17) is 5.73 Å². The Labute approximate surface area is 174 Å². The smallest absolute Gasteiger partial charge is 0.434 e.